The fraction of sp³-hybridized carbons (Fsp3) is 0.333. The number of carbonyl (C=O) groups is 1. The number of nitro groups is 1. The Labute approximate surface area is 212 Å². The van der Waals surface area contributed by atoms with E-state index in [1.165, 1.54) is 11.1 Å². The number of furan rings is 2. The second kappa shape index (κ2) is 9.70. The summed E-state index contributed by atoms with van der Waals surface area (Å²) in [4.78, 5) is 27.3. The van der Waals surface area contributed by atoms with E-state index < -0.39 is 16.9 Å². The van der Waals surface area contributed by atoms with Crippen molar-refractivity contribution in [1.29, 1.82) is 0 Å². The summed E-state index contributed by atoms with van der Waals surface area (Å²) in [7, 11) is 0. The fourth-order valence-electron chi connectivity index (χ4n) is 5.46. The number of benzene rings is 1. The molecule has 1 aromatic carbocycles. The maximum Gasteiger partial charge on any atom is 0.293 e. The molecule has 0 radical (unpaired) electrons. The van der Waals surface area contributed by atoms with Crippen LogP contribution in [0.25, 0.3) is 6.08 Å². The van der Waals surface area contributed by atoms with Gasteiger partial charge in [0.05, 0.1) is 36.4 Å². The lowest BCUT2D eigenvalue weighted by atomic mass is 9.79. The minimum absolute atomic E-state index is 0.0485. The van der Waals surface area contributed by atoms with Crippen LogP contribution >= 0.6 is 0 Å². The van der Waals surface area contributed by atoms with Crippen LogP contribution in [0.3, 0.4) is 0 Å². The molecule has 10 heteroatoms. The molecule has 1 aliphatic carbocycles. The molecule has 0 bridgehead atoms. The Bertz CT molecular complexity index is 1360. The van der Waals surface area contributed by atoms with E-state index in [-0.39, 0.29) is 17.2 Å². The molecule has 1 amide bonds. The molecule has 3 aliphatic rings. The van der Waals surface area contributed by atoms with Crippen molar-refractivity contribution in [2.75, 3.05) is 31.2 Å². The molecule has 190 valence electrons. The first kappa shape index (κ1) is 23.2. The Morgan fingerprint density at radius 1 is 1.11 bits per heavy atom. The Morgan fingerprint density at radius 3 is 2.65 bits per heavy atom. The van der Waals surface area contributed by atoms with Crippen LogP contribution in [0.4, 0.5) is 11.4 Å². The first-order chi connectivity index (χ1) is 18.1. The molecule has 4 heterocycles. The van der Waals surface area contributed by atoms with Gasteiger partial charge in [-0.3, -0.25) is 14.9 Å². The number of anilines is 1. The summed E-state index contributed by atoms with van der Waals surface area (Å²) in [5, 5.41) is 18.2. The maximum atomic E-state index is 13.9. The third-order valence-corrected chi connectivity index (χ3v) is 7.17. The van der Waals surface area contributed by atoms with Gasteiger partial charge in [-0.15, -0.1) is 0 Å². The second-order valence-electron chi connectivity index (χ2n) is 9.34. The van der Waals surface area contributed by atoms with Crippen LogP contribution in [0.5, 0.6) is 0 Å². The summed E-state index contributed by atoms with van der Waals surface area (Å²) >= 11 is 0. The van der Waals surface area contributed by atoms with E-state index in [4.69, 9.17) is 18.7 Å². The van der Waals surface area contributed by atoms with E-state index in [0.717, 1.165) is 36.3 Å². The quantitative estimate of drug-likeness (QED) is 0.354. The lowest BCUT2D eigenvalue weighted by Crippen LogP contribution is -2.36. The summed E-state index contributed by atoms with van der Waals surface area (Å²) in [5.74, 6) is 0.910. The second-order valence-corrected chi connectivity index (χ2v) is 9.34. The highest BCUT2D eigenvalue weighted by Gasteiger charge is 2.45. The topological polar surface area (TPSA) is 115 Å². The van der Waals surface area contributed by atoms with Crippen molar-refractivity contribution in [1.82, 2.24) is 5.01 Å². The highest BCUT2D eigenvalue weighted by Crippen LogP contribution is 2.45. The predicted octanol–water partition coefficient (Wildman–Crippen LogP) is 5.05. The van der Waals surface area contributed by atoms with Crippen molar-refractivity contribution >= 4 is 29.1 Å². The Hall–Kier alpha value is -4.18. The van der Waals surface area contributed by atoms with Gasteiger partial charge in [0.2, 0.25) is 0 Å². The van der Waals surface area contributed by atoms with Crippen molar-refractivity contribution in [3.63, 3.8) is 0 Å². The molecule has 1 saturated heterocycles. The van der Waals surface area contributed by atoms with Gasteiger partial charge in [-0.2, -0.15) is 5.10 Å². The monoisotopic (exact) mass is 502 g/mol. The number of morpholine rings is 1. The number of allylic oxidation sites excluding steroid dienone is 1. The largest absolute Gasteiger partial charge is 0.467 e. The smallest absolute Gasteiger partial charge is 0.293 e. The van der Waals surface area contributed by atoms with Gasteiger partial charge in [0.15, 0.2) is 0 Å². The van der Waals surface area contributed by atoms with E-state index in [1.807, 2.05) is 29.2 Å². The number of nitrogens with zero attached hydrogens (tertiary/aromatic N) is 4. The molecule has 6 rings (SSSR count). The average Bonchev–Trinajstić information content (AvgIpc) is 3.70. The van der Waals surface area contributed by atoms with Crippen LogP contribution in [0.2, 0.25) is 0 Å². The summed E-state index contributed by atoms with van der Waals surface area (Å²) in [6.45, 7) is 2.12. The predicted molar refractivity (Wildman–Crippen MR) is 135 cm³/mol. The van der Waals surface area contributed by atoms with Gasteiger partial charge >= 0.3 is 0 Å². The minimum Gasteiger partial charge on any atom is -0.467 e. The van der Waals surface area contributed by atoms with Crippen LogP contribution in [0.1, 0.15) is 47.2 Å². The zero-order chi connectivity index (χ0) is 25.4. The van der Waals surface area contributed by atoms with Crippen LogP contribution in [0, 0.1) is 16.0 Å². The van der Waals surface area contributed by atoms with Crippen LogP contribution in [0.15, 0.2) is 74.5 Å². The molecule has 0 N–H and O–H groups in total. The number of fused-ring (bicyclic) bond motifs is 1. The molecule has 0 spiro atoms. The average molecular weight is 503 g/mol. The molecule has 37 heavy (non-hydrogen) atoms. The van der Waals surface area contributed by atoms with Crippen molar-refractivity contribution in [2.45, 2.75) is 25.3 Å². The standard InChI is InChI=1S/C27H26N4O6/c32-27(19-8-9-22(23(17-19)31(33)34)29-10-14-35-15-11-29)30-26(24-7-3-13-37-24)21-6-1-4-18(25(21)28-30)16-20-5-2-12-36-20/h2-3,5,7-9,12-13,16-17,21,26H,1,4,6,10-11,14-15H2/b18-16+/t21-,26-/m1/s1. The Kier molecular flexibility index (Phi) is 6.09. The van der Waals surface area contributed by atoms with Gasteiger partial charge in [-0.25, -0.2) is 5.01 Å². The number of hydrogen-bond donors (Lipinski definition) is 0. The highest BCUT2D eigenvalue weighted by atomic mass is 16.6. The van der Waals surface area contributed by atoms with Gasteiger partial charge in [-0.05, 0) is 67.3 Å². The van der Waals surface area contributed by atoms with Crippen molar-refractivity contribution in [2.24, 2.45) is 11.0 Å². The zero-order valence-corrected chi connectivity index (χ0v) is 20.1. The number of hydrogen-bond acceptors (Lipinski definition) is 8. The van der Waals surface area contributed by atoms with Crippen LogP contribution < -0.4 is 4.90 Å². The van der Waals surface area contributed by atoms with Gasteiger partial charge in [0.1, 0.15) is 23.2 Å². The highest BCUT2D eigenvalue weighted by molar-refractivity contribution is 6.09. The Morgan fingerprint density at radius 2 is 1.92 bits per heavy atom. The fourth-order valence-corrected chi connectivity index (χ4v) is 5.46. The molecule has 10 nitrogen and oxygen atoms in total. The third-order valence-electron chi connectivity index (χ3n) is 7.17. The van der Waals surface area contributed by atoms with E-state index in [2.05, 4.69) is 0 Å². The molecule has 0 unspecified atom stereocenters. The van der Waals surface area contributed by atoms with E-state index >= 15 is 0 Å². The van der Waals surface area contributed by atoms with Gasteiger partial charge in [-0.1, -0.05) is 0 Å². The first-order valence-corrected chi connectivity index (χ1v) is 12.4. The van der Waals surface area contributed by atoms with Crippen LogP contribution in [-0.2, 0) is 4.74 Å². The molecular formula is C27H26N4O6. The van der Waals surface area contributed by atoms with E-state index in [1.54, 1.807) is 30.7 Å². The molecular weight excluding hydrogens is 476 g/mol. The SMILES string of the molecule is O=C(c1ccc(N2CCOCC2)c([N+](=O)[O-])c1)N1N=C2/C(=C/c3ccco3)CCC[C@H]2[C@@H]1c1ccco1. The lowest BCUT2D eigenvalue weighted by Gasteiger charge is -2.29. The van der Waals surface area contributed by atoms with Crippen molar-refractivity contribution < 1.29 is 23.3 Å². The molecule has 1 saturated carbocycles. The molecule has 2 fully saturated rings. The first-order valence-electron chi connectivity index (χ1n) is 12.4. The van der Waals surface area contributed by atoms with Gasteiger partial charge < -0.3 is 18.5 Å². The number of ether oxygens (including phenoxy) is 1. The maximum absolute atomic E-state index is 13.9. The summed E-state index contributed by atoms with van der Waals surface area (Å²) in [5.41, 5.74) is 2.44. The number of rotatable bonds is 5. The lowest BCUT2D eigenvalue weighted by molar-refractivity contribution is -0.384. The summed E-state index contributed by atoms with van der Waals surface area (Å²) in [6.07, 6.45) is 7.79. The third kappa shape index (κ3) is 4.33. The minimum atomic E-state index is -0.439. The Balaban J connectivity index is 1.38. The molecule has 2 aliphatic heterocycles. The summed E-state index contributed by atoms with van der Waals surface area (Å²) in [6, 6.07) is 11.6. The van der Waals surface area contributed by atoms with Crippen LogP contribution in [-0.4, -0.2) is 47.9 Å². The molecule has 3 aromatic rings. The molecule has 2 aromatic heterocycles. The van der Waals surface area contributed by atoms with E-state index in [0.29, 0.717) is 37.8 Å². The summed E-state index contributed by atoms with van der Waals surface area (Å²) < 4.78 is 16.7. The van der Waals surface area contributed by atoms with E-state index in [9.17, 15) is 14.9 Å². The normalized spacial score (nSPS) is 22.7. The van der Waals surface area contributed by atoms with Crippen molar-refractivity contribution in [3.05, 3.63) is 87.8 Å². The number of hydrazone groups is 1. The van der Waals surface area contributed by atoms with Gasteiger partial charge in [0.25, 0.3) is 11.6 Å². The number of nitro benzene ring substituents is 1. The zero-order valence-electron chi connectivity index (χ0n) is 20.1. The number of amides is 1. The number of carbonyl (C=O) groups excluding carboxylic acids is 1. The van der Waals surface area contributed by atoms with Gasteiger partial charge in [0, 0.05) is 30.6 Å². The molecule has 2 atom stereocenters. The van der Waals surface area contributed by atoms with Crippen molar-refractivity contribution in [3.8, 4) is 0 Å².